The molecule has 0 aliphatic rings. The van der Waals surface area contributed by atoms with Gasteiger partial charge in [-0.2, -0.15) is 0 Å². The molecule has 1 aromatic carbocycles. The maximum Gasteiger partial charge on any atom is 0.258 e. The Bertz CT molecular complexity index is 604. The molecular formula is C12H9ClFN3O. The van der Waals surface area contributed by atoms with E-state index in [0.717, 1.165) is 6.07 Å². The van der Waals surface area contributed by atoms with Crippen LogP contribution in [0.1, 0.15) is 10.4 Å². The standard InChI is InChI=1S/C12H9ClFN3O/c13-11-6-8(3-4-16-11)17-12(18)9-5-7(15)1-2-10(9)14/h1-6H,15H2,(H,16,17,18). The topological polar surface area (TPSA) is 68.0 Å². The van der Waals surface area contributed by atoms with E-state index in [2.05, 4.69) is 10.3 Å². The predicted molar refractivity (Wildman–Crippen MR) is 68.0 cm³/mol. The zero-order valence-electron chi connectivity index (χ0n) is 9.15. The van der Waals surface area contributed by atoms with E-state index >= 15 is 0 Å². The van der Waals surface area contributed by atoms with Crippen LogP contribution in [0.25, 0.3) is 0 Å². The van der Waals surface area contributed by atoms with Gasteiger partial charge in [-0.1, -0.05) is 11.6 Å². The number of pyridine rings is 1. The zero-order chi connectivity index (χ0) is 13.1. The van der Waals surface area contributed by atoms with E-state index in [1.54, 1.807) is 6.07 Å². The zero-order valence-corrected chi connectivity index (χ0v) is 9.91. The molecule has 0 saturated carbocycles. The fourth-order valence-corrected chi connectivity index (χ4v) is 1.57. The molecule has 2 aromatic rings. The molecule has 18 heavy (non-hydrogen) atoms. The van der Waals surface area contributed by atoms with E-state index in [1.165, 1.54) is 24.4 Å². The highest BCUT2D eigenvalue weighted by atomic mass is 35.5. The predicted octanol–water partition coefficient (Wildman–Crippen LogP) is 2.71. The monoisotopic (exact) mass is 265 g/mol. The minimum Gasteiger partial charge on any atom is -0.399 e. The van der Waals surface area contributed by atoms with E-state index in [-0.39, 0.29) is 10.7 Å². The summed E-state index contributed by atoms with van der Waals surface area (Å²) in [5.74, 6) is -1.23. The summed E-state index contributed by atoms with van der Waals surface area (Å²) < 4.78 is 13.4. The van der Waals surface area contributed by atoms with Crippen molar-refractivity contribution in [2.45, 2.75) is 0 Å². The summed E-state index contributed by atoms with van der Waals surface area (Å²) in [5.41, 5.74) is 6.13. The first-order valence-corrected chi connectivity index (χ1v) is 5.42. The van der Waals surface area contributed by atoms with Crippen molar-refractivity contribution in [3.05, 3.63) is 53.1 Å². The quantitative estimate of drug-likeness (QED) is 0.648. The average molecular weight is 266 g/mol. The van der Waals surface area contributed by atoms with E-state index < -0.39 is 11.7 Å². The number of hydrogen-bond donors (Lipinski definition) is 2. The molecule has 0 aliphatic carbocycles. The smallest absolute Gasteiger partial charge is 0.258 e. The SMILES string of the molecule is Nc1ccc(F)c(C(=O)Nc2ccnc(Cl)c2)c1. The molecule has 1 heterocycles. The Balaban J connectivity index is 2.24. The van der Waals surface area contributed by atoms with Crippen molar-refractivity contribution in [2.75, 3.05) is 11.1 Å². The van der Waals surface area contributed by atoms with E-state index in [0.29, 0.717) is 11.4 Å². The third-order valence-corrected chi connectivity index (χ3v) is 2.43. The van der Waals surface area contributed by atoms with Gasteiger partial charge >= 0.3 is 0 Å². The lowest BCUT2D eigenvalue weighted by molar-refractivity contribution is 0.102. The normalized spacial score (nSPS) is 10.1. The molecular weight excluding hydrogens is 257 g/mol. The number of anilines is 2. The number of nitrogens with two attached hydrogens (primary N) is 1. The Morgan fingerprint density at radius 3 is 2.83 bits per heavy atom. The van der Waals surface area contributed by atoms with Crippen molar-refractivity contribution in [3.63, 3.8) is 0 Å². The molecule has 92 valence electrons. The molecule has 0 saturated heterocycles. The Hall–Kier alpha value is -2.14. The fraction of sp³-hybridized carbons (Fsp3) is 0. The maximum absolute atomic E-state index is 13.4. The van der Waals surface area contributed by atoms with Gasteiger partial charge in [0.15, 0.2) is 0 Å². The van der Waals surface area contributed by atoms with Gasteiger partial charge in [-0.3, -0.25) is 4.79 Å². The van der Waals surface area contributed by atoms with Crippen LogP contribution in [0.2, 0.25) is 5.15 Å². The van der Waals surface area contributed by atoms with Gasteiger partial charge in [-0.25, -0.2) is 9.37 Å². The van der Waals surface area contributed by atoms with Gasteiger partial charge in [0.2, 0.25) is 0 Å². The Morgan fingerprint density at radius 2 is 2.11 bits per heavy atom. The third-order valence-electron chi connectivity index (χ3n) is 2.22. The van der Waals surface area contributed by atoms with Crippen molar-refractivity contribution < 1.29 is 9.18 Å². The van der Waals surface area contributed by atoms with Crippen molar-refractivity contribution in [2.24, 2.45) is 0 Å². The van der Waals surface area contributed by atoms with Gasteiger partial charge in [0.1, 0.15) is 11.0 Å². The van der Waals surface area contributed by atoms with Crippen LogP contribution < -0.4 is 11.1 Å². The second kappa shape index (κ2) is 5.01. The summed E-state index contributed by atoms with van der Waals surface area (Å²) in [6, 6.07) is 6.81. The van der Waals surface area contributed by atoms with Gasteiger partial charge in [0, 0.05) is 17.6 Å². The van der Waals surface area contributed by atoms with Gasteiger partial charge in [0.25, 0.3) is 5.91 Å². The number of carbonyl (C=O) groups excluding carboxylic acids is 1. The first-order valence-electron chi connectivity index (χ1n) is 5.04. The highest BCUT2D eigenvalue weighted by molar-refractivity contribution is 6.29. The molecule has 0 aliphatic heterocycles. The minimum atomic E-state index is -0.637. The lowest BCUT2D eigenvalue weighted by Gasteiger charge is -2.06. The Kier molecular flexibility index (Phi) is 3.43. The summed E-state index contributed by atoms with van der Waals surface area (Å²) in [7, 11) is 0. The van der Waals surface area contributed by atoms with E-state index in [4.69, 9.17) is 17.3 Å². The average Bonchev–Trinajstić information content (AvgIpc) is 2.32. The largest absolute Gasteiger partial charge is 0.399 e. The number of nitrogens with one attached hydrogen (secondary N) is 1. The summed E-state index contributed by atoms with van der Waals surface area (Å²) in [6.45, 7) is 0. The van der Waals surface area contributed by atoms with Crippen molar-refractivity contribution >= 4 is 28.9 Å². The van der Waals surface area contributed by atoms with E-state index in [1.807, 2.05) is 0 Å². The van der Waals surface area contributed by atoms with Crippen molar-refractivity contribution in [1.29, 1.82) is 0 Å². The molecule has 0 atom stereocenters. The molecule has 6 heteroatoms. The highest BCUT2D eigenvalue weighted by Crippen LogP contribution is 2.16. The first kappa shape index (κ1) is 12.3. The van der Waals surface area contributed by atoms with Crippen LogP contribution in [-0.4, -0.2) is 10.9 Å². The number of nitrogens with zero attached hydrogens (tertiary/aromatic N) is 1. The first-order chi connectivity index (χ1) is 8.56. The summed E-state index contributed by atoms with van der Waals surface area (Å²) in [5, 5.41) is 2.75. The van der Waals surface area contributed by atoms with E-state index in [9.17, 15) is 9.18 Å². The van der Waals surface area contributed by atoms with Crippen LogP contribution >= 0.6 is 11.6 Å². The number of halogens is 2. The van der Waals surface area contributed by atoms with Crippen molar-refractivity contribution in [3.8, 4) is 0 Å². The van der Waals surface area contributed by atoms with Crippen LogP contribution in [0.4, 0.5) is 15.8 Å². The second-order valence-corrected chi connectivity index (χ2v) is 3.95. The maximum atomic E-state index is 13.4. The number of hydrogen-bond acceptors (Lipinski definition) is 3. The number of benzene rings is 1. The summed E-state index contributed by atoms with van der Waals surface area (Å²) in [4.78, 5) is 15.6. The number of amides is 1. The van der Waals surface area contributed by atoms with Gasteiger partial charge in [-0.05, 0) is 30.3 Å². The minimum absolute atomic E-state index is 0.122. The molecule has 0 radical (unpaired) electrons. The molecule has 3 N–H and O–H groups in total. The molecule has 1 aromatic heterocycles. The lowest BCUT2D eigenvalue weighted by atomic mass is 10.1. The molecule has 1 amide bonds. The highest BCUT2D eigenvalue weighted by Gasteiger charge is 2.12. The molecule has 0 bridgehead atoms. The second-order valence-electron chi connectivity index (χ2n) is 3.56. The fourth-order valence-electron chi connectivity index (χ4n) is 1.40. The van der Waals surface area contributed by atoms with Gasteiger partial charge in [-0.15, -0.1) is 0 Å². The lowest BCUT2D eigenvalue weighted by Crippen LogP contribution is -2.14. The van der Waals surface area contributed by atoms with Crippen molar-refractivity contribution in [1.82, 2.24) is 4.98 Å². The number of carbonyl (C=O) groups is 1. The molecule has 0 spiro atoms. The van der Waals surface area contributed by atoms with Gasteiger partial charge < -0.3 is 11.1 Å². The Morgan fingerprint density at radius 1 is 1.33 bits per heavy atom. The molecule has 0 unspecified atom stereocenters. The molecule has 2 rings (SSSR count). The summed E-state index contributed by atoms with van der Waals surface area (Å²) >= 11 is 5.67. The van der Waals surface area contributed by atoms with Crippen LogP contribution in [-0.2, 0) is 0 Å². The number of aromatic nitrogens is 1. The summed E-state index contributed by atoms with van der Waals surface area (Å²) in [6.07, 6.45) is 1.44. The molecule has 4 nitrogen and oxygen atoms in total. The third kappa shape index (κ3) is 2.75. The van der Waals surface area contributed by atoms with Gasteiger partial charge in [0.05, 0.1) is 5.56 Å². The molecule has 0 fully saturated rings. The Labute approximate surface area is 108 Å². The van der Waals surface area contributed by atoms with Crippen LogP contribution in [0.15, 0.2) is 36.5 Å². The number of nitrogen functional groups attached to an aromatic ring is 1. The number of rotatable bonds is 2. The van der Waals surface area contributed by atoms with Crippen LogP contribution in [0, 0.1) is 5.82 Å². The van der Waals surface area contributed by atoms with Crippen LogP contribution in [0.3, 0.4) is 0 Å². The van der Waals surface area contributed by atoms with Crippen LogP contribution in [0.5, 0.6) is 0 Å².